The van der Waals surface area contributed by atoms with Gasteiger partial charge in [0.25, 0.3) is 5.91 Å². The lowest BCUT2D eigenvalue weighted by Crippen LogP contribution is -2.63. The quantitative estimate of drug-likeness (QED) is 0.175. The molecule has 2 saturated carbocycles. The Balaban J connectivity index is 0.954. The van der Waals surface area contributed by atoms with E-state index in [1.54, 1.807) is 12.1 Å². The highest BCUT2D eigenvalue weighted by Crippen LogP contribution is 2.46. The summed E-state index contributed by atoms with van der Waals surface area (Å²) in [5.74, 6) is 1.48. The molecule has 14 nitrogen and oxygen atoms in total. The van der Waals surface area contributed by atoms with Crippen LogP contribution in [0.1, 0.15) is 134 Å². The van der Waals surface area contributed by atoms with Crippen molar-refractivity contribution < 1.29 is 23.9 Å². The van der Waals surface area contributed by atoms with Crippen LogP contribution in [0.15, 0.2) is 36.5 Å². The minimum atomic E-state index is -0.793. The summed E-state index contributed by atoms with van der Waals surface area (Å²) >= 11 is 0. The van der Waals surface area contributed by atoms with E-state index in [-0.39, 0.29) is 47.9 Å². The first kappa shape index (κ1) is 49.9. The minimum absolute atomic E-state index is 0.0236. The number of aromatic nitrogens is 2. The van der Waals surface area contributed by atoms with Crippen molar-refractivity contribution in [2.75, 3.05) is 84.1 Å². The second kappa shape index (κ2) is 20.8. The molecular formula is C58H83N9O5. The lowest BCUT2D eigenvalue weighted by atomic mass is 9.84. The Morgan fingerprint density at radius 1 is 0.972 bits per heavy atom. The van der Waals surface area contributed by atoms with Gasteiger partial charge in [0, 0.05) is 87.9 Å². The summed E-state index contributed by atoms with van der Waals surface area (Å²) in [6.45, 7) is 17.9. The highest BCUT2D eigenvalue weighted by atomic mass is 16.5. The largest absolute Gasteiger partial charge is 0.464 e. The number of anilines is 1. The number of piperidine rings is 1. The average molecular weight is 986 g/mol. The summed E-state index contributed by atoms with van der Waals surface area (Å²) in [5, 5.41) is 9.83. The van der Waals surface area contributed by atoms with E-state index in [1.165, 1.54) is 42.2 Å². The zero-order chi connectivity index (χ0) is 49.7. The number of ether oxygens (including phenoxy) is 2. The van der Waals surface area contributed by atoms with Crippen LogP contribution in [-0.4, -0.2) is 139 Å². The van der Waals surface area contributed by atoms with Gasteiger partial charge in [-0.15, -0.1) is 0 Å². The smallest absolute Gasteiger partial charge is 0.324 e. The van der Waals surface area contributed by atoms with E-state index in [2.05, 4.69) is 99.6 Å². The van der Waals surface area contributed by atoms with Crippen molar-refractivity contribution in [1.82, 2.24) is 40.4 Å². The van der Waals surface area contributed by atoms with E-state index < -0.39 is 17.5 Å². The normalized spacial score (nSPS) is 28.8. The Bertz CT molecular complexity index is 2510. The van der Waals surface area contributed by atoms with Crippen molar-refractivity contribution in [2.45, 2.75) is 148 Å². The van der Waals surface area contributed by atoms with Gasteiger partial charge in [0.15, 0.2) is 0 Å². The van der Waals surface area contributed by atoms with Crippen molar-refractivity contribution in [2.24, 2.45) is 28.6 Å². The second-order valence-corrected chi connectivity index (χ2v) is 24.2. The zero-order valence-electron chi connectivity index (χ0n) is 44.1. The molecule has 6 fully saturated rings. The second-order valence-electron chi connectivity index (χ2n) is 24.2. The molecule has 2 aromatic heterocycles. The molecule has 1 unspecified atom stereocenters. The molecule has 2 aliphatic carbocycles. The topological polar surface area (TPSA) is 137 Å². The van der Waals surface area contributed by atoms with Crippen molar-refractivity contribution in [3.8, 4) is 11.3 Å². The number of amides is 2. The molecule has 11 rings (SSSR count). The van der Waals surface area contributed by atoms with Gasteiger partial charge in [0.2, 0.25) is 5.91 Å². The van der Waals surface area contributed by atoms with Crippen LogP contribution in [0.2, 0.25) is 0 Å². The molecular weight excluding hydrogens is 903 g/mol. The van der Waals surface area contributed by atoms with Gasteiger partial charge in [-0.1, -0.05) is 38.8 Å². The molecule has 3 aromatic rings. The number of hydrogen-bond donors (Lipinski definition) is 3. The molecule has 6 aliphatic heterocycles. The molecule has 8 heterocycles. The van der Waals surface area contributed by atoms with E-state index in [1.807, 2.05) is 0 Å². The fourth-order valence-electron chi connectivity index (χ4n) is 14.3. The maximum atomic E-state index is 15.0. The Kier molecular flexibility index (Phi) is 14.4. The third-order valence-corrected chi connectivity index (χ3v) is 18.5. The molecule has 6 bridgehead atoms. The van der Waals surface area contributed by atoms with Crippen LogP contribution >= 0.6 is 0 Å². The summed E-state index contributed by atoms with van der Waals surface area (Å²) in [4.78, 5) is 56.9. The van der Waals surface area contributed by atoms with Gasteiger partial charge in [-0.3, -0.25) is 34.2 Å². The van der Waals surface area contributed by atoms with Gasteiger partial charge >= 0.3 is 5.97 Å². The third-order valence-electron chi connectivity index (χ3n) is 18.5. The molecule has 3 N–H and O–H groups in total. The van der Waals surface area contributed by atoms with Crippen molar-refractivity contribution in [3.63, 3.8) is 0 Å². The number of likely N-dealkylation sites (tertiary alicyclic amines) is 1. The van der Waals surface area contributed by atoms with Crippen molar-refractivity contribution >= 4 is 39.9 Å². The molecule has 0 radical (unpaired) electrons. The summed E-state index contributed by atoms with van der Waals surface area (Å²) < 4.78 is 14.9. The first-order valence-corrected chi connectivity index (χ1v) is 28.2. The van der Waals surface area contributed by atoms with E-state index in [9.17, 15) is 9.59 Å². The molecule has 2 amide bonds. The number of esters is 1. The fraction of sp³-hybridized carbons (Fsp3) is 0.690. The number of rotatable bonds is 10. The minimum Gasteiger partial charge on any atom is -0.464 e. The van der Waals surface area contributed by atoms with Crippen LogP contribution in [-0.2, 0) is 36.8 Å². The number of methoxy groups -OCH3 is 1. The average Bonchev–Trinajstić information content (AvgIpc) is 3.67. The Morgan fingerprint density at radius 2 is 1.78 bits per heavy atom. The molecule has 8 aliphatic rings. The number of carbonyl (C=O) groups is 3. The maximum Gasteiger partial charge on any atom is 0.324 e. The van der Waals surface area contributed by atoms with Crippen LogP contribution in [0, 0.1) is 28.6 Å². The number of benzene rings is 1. The van der Waals surface area contributed by atoms with Gasteiger partial charge in [0.1, 0.15) is 12.1 Å². The Labute approximate surface area is 428 Å². The van der Waals surface area contributed by atoms with Crippen molar-refractivity contribution in [3.05, 3.63) is 53.4 Å². The maximum absolute atomic E-state index is 15.0. The first-order chi connectivity index (χ1) is 34.9. The van der Waals surface area contributed by atoms with Crippen LogP contribution in [0.4, 0.5) is 5.69 Å². The number of nitrogens with one attached hydrogen (secondary N) is 3. The Hall–Kier alpha value is -4.34. The summed E-state index contributed by atoms with van der Waals surface area (Å²) in [5.41, 5.74) is 12.2. The monoisotopic (exact) mass is 986 g/mol. The van der Waals surface area contributed by atoms with E-state index in [0.717, 1.165) is 143 Å². The highest BCUT2D eigenvalue weighted by molar-refractivity contribution is 5.95. The number of nitrogens with zero attached hydrogens (tertiary/aromatic N) is 6. The van der Waals surface area contributed by atoms with Gasteiger partial charge in [-0.25, -0.2) is 5.43 Å². The SMILES string of the molecule is CCn1c(-c2cc(N3CCC(C4CC4)CC3)cnc2[C@H](C)OC)c2c3cc(ccc31)C1=CCCN(C1)C[C@H](NC(=O)[C@H](C1CCCC1)N1CC[C@]3(CCNC3)C1)C(=O)N1CCC[C@H](N1)C(=O)OCC(C)(C)C2. The zero-order valence-corrected chi connectivity index (χ0v) is 44.1. The molecule has 72 heavy (non-hydrogen) atoms. The first-order valence-electron chi connectivity index (χ1n) is 28.2. The van der Waals surface area contributed by atoms with E-state index in [4.69, 9.17) is 14.5 Å². The number of cyclic esters (lactones) is 1. The van der Waals surface area contributed by atoms with Gasteiger partial charge in [-0.2, -0.15) is 0 Å². The van der Waals surface area contributed by atoms with Gasteiger partial charge in [0.05, 0.1) is 42.0 Å². The predicted molar refractivity (Wildman–Crippen MR) is 283 cm³/mol. The lowest BCUT2D eigenvalue weighted by Gasteiger charge is -2.39. The molecule has 1 spiro atoms. The van der Waals surface area contributed by atoms with Crippen LogP contribution in [0.25, 0.3) is 27.7 Å². The van der Waals surface area contributed by atoms with Crippen LogP contribution in [0.3, 0.4) is 0 Å². The number of hydrogen-bond acceptors (Lipinski definition) is 11. The van der Waals surface area contributed by atoms with Crippen LogP contribution in [0.5, 0.6) is 0 Å². The fourth-order valence-corrected chi connectivity index (χ4v) is 14.3. The number of hydrazine groups is 1. The summed E-state index contributed by atoms with van der Waals surface area (Å²) in [6.07, 6.45) is 18.8. The van der Waals surface area contributed by atoms with E-state index >= 15 is 4.79 Å². The lowest BCUT2D eigenvalue weighted by molar-refractivity contribution is -0.155. The number of fused-ring (bicyclic) bond motifs is 6. The molecule has 14 heteroatoms. The van der Waals surface area contributed by atoms with Gasteiger partial charge < -0.3 is 29.6 Å². The molecule has 390 valence electrons. The third kappa shape index (κ3) is 10.1. The molecule has 6 atom stereocenters. The number of pyridine rings is 1. The van der Waals surface area contributed by atoms with Crippen LogP contribution < -0.4 is 21.0 Å². The standard InChI is InChI=1S/C58H83N9O5/c1-6-66-50-18-17-42-29-45(50)47(53(66)46-30-44(32-60-51(46)38(2)71-5)64-26-19-40(20-27-64)39-15-16-39)31-57(3,4)37-72-56(70)48-14-10-25-67(62-48)55(69)49(34-63-24-9-13-43(42)33-63)61-54(68)52(41-11-7-8-12-41)65-28-22-58(36-65)21-23-59-35-58/h13,17-18,29-30,32,38-41,48-49,52,59,62H,6-12,14-16,19-28,31,33-37H2,1-5H3,(H,61,68)/t38-,48-,49-,52-,58-/m0/s1. The van der Waals surface area contributed by atoms with E-state index in [0.29, 0.717) is 38.9 Å². The molecule has 1 aromatic carbocycles. The highest BCUT2D eigenvalue weighted by Gasteiger charge is 2.47. The summed E-state index contributed by atoms with van der Waals surface area (Å²) in [7, 11) is 1.77. The van der Waals surface area contributed by atoms with Crippen molar-refractivity contribution in [1.29, 1.82) is 0 Å². The summed E-state index contributed by atoms with van der Waals surface area (Å²) in [6, 6.07) is 7.62. The number of aryl methyl sites for hydroxylation is 1. The predicted octanol–water partition coefficient (Wildman–Crippen LogP) is 7.50. The Morgan fingerprint density at radius 3 is 2.53 bits per heavy atom. The number of carbonyl (C=O) groups excluding carboxylic acids is 3. The van der Waals surface area contributed by atoms with Gasteiger partial charge in [-0.05, 0) is 162 Å². The molecule has 4 saturated heterocycles.